The highest BCUT2D eigenvalue weighted by atomic mass is 32.2. The van der Waals surface area contributed by atoms with Gasteiger partial charge >= 0.3 is 0 Å². The van der Waals surface area contributed by atoms with Gasteiger partial charge < -0.3 is 15.0 Å². The number of nitrogens with zero attached hydrogens (tertiary/aromatic N) is 2. The van der Waals surface area contributed by atoms with Crippen molar-refractivity contribution in [1.82, 2.24) is 14.8 Å². The van der Waals surface area contributed by atoms with Gasteiger partial charge in [-0.1, -0.05) is 6.07 Å². The lowest BCUT2D eigenvalue weighted by atomic mass is 10.1. The number of aromatic nitrogens is 3. The summed E-state index contributed by atoms with van der Waals surface area (Å²) in [5.74, 6) is 1.45. The average molecular weight is 368 g/mol. The van der Waals surface area contributed by atoms with Crippen LogP contribution in [0.3, 0.4) is 0 Å². The number of nitrogens with one attached hydrogen (secondary N) is 2. The molecule has 4 rings (SSSR count). The van der Waals surface area contributed by atoms with Gasteiger partial charge in [0.15, 0.2) is 0 Å². The lowest BCUT2D eigenvalue weighted by molar-refractivity contribution is -0.113. The molecule has 1 aliphatic heterocycles. The van der Waals surface area contributed by atoms with E-state index in [0.29, 0.717) is 11.4 Å². The highest BCUT2D eigenvalue weighted by Crippen LogP contribution is 2.40. The summed E-state index contributed by atoms with van der Waals surface area (Å²) in [4.78, 5) is 27.2. The quantitative estimate of drug-likeness (QED) is 0.741. The number of fused-ring (bicyclic) bond motifs is 1. The molecule has 0 bridgehead atoms. The number of methoxy groups -OCH3 is 1. The van der Waals surface area contributed by atoms with Crippen LogP contribution in [-0.4, -0.2) is 33.5 Å². The minimum atomic E-state index is -0.277. The monoisotopic (exact) mass is 368 g/mol. The van der Waals surface area contributed by atoms with Crippen LogP contribution in [0.4, 0.5) is 5.82 Å². The summed E-state index contributed by atoms with van der Waals surface area (Å²) in [6, 6.07) is 10.9. The topological polar surface area (TPSA) is 89.0 Å². The van der Waals surface area contributed by atoms with Crippen LogP contribution >= 0.6 is 11.8 Å². The predicted octanol–water partition coefficient (Wildman–Crippen LogP) is 2.34. The zero-order chi connectivity index (χ0) is 18.1. The molecule has 0 saturated heterocycles. The molecule has 0 aliphatic carbocycles. The molecule has 1 aromatic carbocycles. The van der Waals surface area contributed by atoms with E-state index in [1.54, 1.807) is 36.3 Å². The van der Waals surface area contributed by atoms with Crippen molar-refractivity contribution in [3.8, 4) is 11.4 Å². The van der Waals surface area contributed by atoms with Gasteiger partial charge in [0.05, 0.1) is 30.0 Å². The van der Waals surface area contributed by atoms with E-state index in [1.807, 2.05) is 24.3 Å². The lowest BCUT2D eigenvalue weighted by Gasteiger charge is -2.13. The zero-order valence-electron chi connectivity index (χ0n) is 13.9. The third-order valence-electron chi connectivity index (χ3n) is 4.17. The Balaban J connectivity index is 1.83. The molecule has 1 aliphatic rings. The molecule has 2 N–H and O–H groups in total. The standard InChI is InChI=1S/C18H16N4O3S/c1-25-12-6-4-11(5-7-12)22-17-14(9-20-22)16(26-10-15(23)21-17)13-3-2-8-19-18(13)24/h2-9,16H,10H2,1H3,(H,19,24)(H,21,23)/t16-/m1/s1. The maximum atomic E-state index is 12.3. The van der Waals surface area contributed by atoms with E-state index in [0.717, 1.165) is 17.0 Å². The number of aromatic amines is 1. The van der Waals surface area contributed by atoms with Crippen LogP contribution in [0.25, 0.3) is 5.69 Å². The Bertz CT molecular complexity index is 1010. The van der Waals surface area contributed by atoms with Gasteiger partial charge in [-0.3, -0.25) is 9.59 Å². The first-order valence-corrected chi connectivity index (χ1v) is 9.03. The number of thioether (sulfide) groups is 1. The maximum Gasteiger partial charge on any atom is 0.252 e. The molecule has 1 amide bonds. The summed E-state index contributed by atoms with van der Waals surface area (Å²) >= 11 is 1.41. The van der Waals surface area contributed by atoms with E-state index in [9.17, 15) is 9.59 Å². The van der Waals surface area contributed by atoms with Crippen LogP contribution in [0.5, 0.6) is 5.75 Å². The number of carbonyl (C=O) groups is 1. The molecular weight excluding hydrogens is 352 g/mol. The largest absolute Gasteiger partial charge is 0.497 e. The van der Waals surface area contributed by atoms with Crippen molar-refractivity contribution in [3.63, 3.8) is 0 Å². The van der Waals surface area contributed by atoms with Crippen LogP contribution in [0.15, 0.2) is 53.6 Å². The molecule has 0 saturated carbocycles. The molecule has 26 heavy (non-hydrogen) atoms. The Morgan fingerprint density at radius 3 is 2.73 bits per heavy atom. The fourth-order valence-electron chi connectivity index (χ4n) is 2.91. The minimum Gasteiger partial charge on any atom is -0.497 e. The first-order chi connectivity index (χ1) is 12.7. The van der Waals surface area contributed by atoms with Gasteiger partial charge in [0.25, 0.3) is 5.56 Å². The number of pyridine rings is 1. The van der Waals surface area contributed by atoms with E-state index in [4.69, 9.17) is 4.74 Å². The number of anilines is 1. The van der Waals surface area contributed by atoms with Crippen molar-refractivity contribution in [2.75, 3.05) is 18.2 Å². The lowest BCUT2D eigenvalue weighted by Crippen LogP contribution is -2.15. The summed E-state index contributed by atoms with van der Waals surface area (Å²) in [6.07, 6.45) is 3.30. The van der Waals surface area contributed by atoms with Crippen LogP contribution in [0.2, 0.25) is 0 Å². The van der Waals surface area contributed by atoms with Crippen molar-refractivity contribution in [1.29, 1.82) is 0 Å². The van der Waals surface area contributed by atoms with Gasteiger partial charge in [-0.25, -0.2) is 4.68 Å². The second-order valence-corrected chi connectivity index (χ2v) is 6.85. The number of hydrogen-bond donors (Lipinski definition) is 2. The average Bonchev–Trinajstić information content (AvgIpc) is 2.99. The Morgan fingerprint density at radius 1 is 1.19 bits per heavy atom. The first-order valence-electron chi connectivity index (χ1n) is 7.99. The van der Waals surface area contributed by atoms with Gasteiger partial charge in [-0.05, 0) is 30.3 Å². The van der Waals surface area contributed by atoms with Crippen molar-refractivity contribution in [2.24, 2.45) is 0 Å². The molecule has 8 heteroatoms. The van der Waals surface area contributed by atoms with Crippen molar-refractivity contribution >= 4 is 23.5 Å². The van der Waals surface area contributed by atoms with Crippen molar-refractivity contribution in [3.05, 3.63) is 70.3 Å². The summed E-state index contributed by atoms with van der Waals surface area (Å²) in [5.41, 5.74) is 2.03. The van der Waals surface area contributed by atoms with Crippen molar-refractivity contribution < 1.29 is 9.53 Å². The molecule has 0 radical (unpaired) electrons. The van der Waals surface area contributed by atoms with E-state index < -0.39 is 0 Å². The van der Waals surface area contributed by atoms with Gasteiger partial charge in [0.1, 0.15) is 11.6 Å². The highest BCUT2D eigenvalue weighted by molar-refractivity contribution is 8.00. The summed E-state index contributed by atoms with van der Waals surface area (Å²) < 4.78 is 6.85. The third kappa shape index (κ3) is 2.88. The molecule has 0 unspecified atom stereocenters. The number of benzene rings is 1. The number of hydrogen-bond acceptors (Lipinski definition) is 5. The van der Waals surface area contributed by atoms with Crippen LogP contribution < -0.4 is 15.6 Å². The summed E-state index contributed by atoms with van der Waals surface area (Å²) in [6.45, 7) is 0. The molecule has 0 fully saturated rings. The maximum absolute atomic E-state index is 12.3. The Kier molecular flexibility index (Phi) is 4.26. The third-order valence-corrected chi connectivity index (χ3v) is 5.44. The van der Waals surface area contributed by atoms with Crippen LogP contribution in [0.1, 0.15) is 16.4 Å². The van der Waals surface area contributed by atoms with Gasteiger partial charge in [0, 0.05) is 17.3 Å². The van der Waals surface area contributed by atoms with Gasteiger partial charge in [-0.2, -0.15) is 5.10 Å². The molecule has 7 nitrogen and oxygen atoms in total. The summed E-state index contributed by atoms with van der Waals surface area (Å²) in [7, 11) is 1.61. The second-order valence-electron chi connectivity index (χ2n) is 5.75. The van der Waals surface area contributed by atoms with E-state index in [-0.39, 0.29) is 22.5 Å². The van der Waals surface area contributed by atoms with Gasteiger partial charge in [-0.15, -0.1) is 11.8 Å². The molecule has 2 aromatic heterocycles. The summed E-state index contributed by atoms with van der Waals surface area (Å²) in [5, 5.41) is 7.08. The fourth-order valence-corrected chi connectivity index (χ4v) is 4.02. The number of H-pyrrole nitrogens is 1. The molecule has 3 aromatic rings. The highest BCUT2D eigenvalue weighted by Gasteiger charge is 2.29. The second kappa shape index (κ2) is 6.72. The number of ether oxygens (including phenoxy) is 1. The first kappa shape index (κ1) is 16.5. The zero-order valence-corrected chi connectivity index (χ0v) is 14.7. The number of rotatable bonds is 3. The van der Waals surface area contributed by atoms with E-state index in [2.05, 4.69) is 15.4 Å². The normalized spacial score (nSPS) is 16.5. The van der Waals surface area contributed by atoms with E-state index >= 15 is 0 Å². The SMILES string of the molecule is COc1ccc(-n2ncc3c2NC(=O)CS[C@@H]3c2ccc[nH]c2=O)cc1. The molecular formula is C18H16N4O3S. The van der Waals surface area contributed by atoms with Crippen LogP contribution in [-0.2, 0) is 4.79 Å². The van der Waals surface area contributed by atoms with Crippen molar-refractivity contribution in [2.45, 2.75) is 5.25 Å². The number of carbonyl (C=O) groups excluding carboxylic acids is 1. The van der Waals surface area contributed by atoms with E-state index in [1.165, 1.54) is 11.8 Å². The Labute approximate surface area is 153 Å². The van der Waals surface area contributed by atoms with Crippen LogP contribution in [0, 0.1) is 0 Å². The molecule has 0 spiro atoms. The predicted molar refractivity (Wildman–Crippen MR) is 100 cm³/mol. The number of amides is 1. The Hall–Kier alpha value is -3.00. The molecule has 1 atom stereocenters. The fraction of sp³-hybridized carbons (Fsp3) is 0.167. The molecule has 3 heterocycles. The molecule has 132 valence electrons. The van der Waals surface area contributed by atoms with Gasteiger partial charge in [0.2, 0.25) is 5.91 Å². The smallest absolute Gasteiger partial charge is 0.252 e. The minimum absolute atomic E-state index is 0.124. The Morgan fingerprint density at radius 2 is 2.00 bits per heavy atom.